The van der Waals surface area contributed by atoms with Crippen LogP contribution in [-0.4, -0.2) is 9.78 Å². The Kier molecular flexibility index (Phi) is 3.66. The second kappa shape index (κ2) is 5.06. The summed E-state index contributed by atoms with van der Waals surface area (Å²) in [7, 11) is 1.95. The average molecular weight is 261 g/mol. The van der Waals surface area contributed by atoms with Crippen LogP contribution in [-0.2, 0) is 13.5 Å². The molecule has 1 heterocycles. The van der Waals surface area contributed by atoms with E-state index in [2.05, 4.69) is 44.1 Å². The predicted molar refractivity (Wildman–Crippen MR) is 77.0 cm³/mol. The molecule has 0 saturated heterocycles. The van der Waals surface area contributed by atoms with Crippen LogP contribution in [0.15, 0.2) is 28.1 Å². The van der Waals surface area contributed by atoms with Crippen LogP contribution >= 0.6 is 11.8 Å². The molecule has 0 amide bonds. The Morgan fingerprint density at radius 1 is 1.33 bits per heavy atom. The van der Waals surface area contributed by atoms with Crippen molar-refractivity contribution < 1.29 is 0 Å². The summed E-state index contributed by atoms with van der Waals surface area (Å²) in [4.78, 5) is 1.24. The Morgan fingerprint density at radius 3 is 2.67 bits per heavy atom. The lowest BCUT2D eigenvalue weighted by molar-refractivity contribution is 0.687. The van der Waals surface area contributed by atoms with Gasteiger partial charge >= 0.3 is 0 Å². The molecule has 0 spiro atoms. The Bertz CT molecular complexity index is 573. The molecule has 4 heteroatoms. The van der Waals surface area contributed by atoms with Gasteiger partial charge < -0.3 is 5.73 Å². The molecule has 96 valence electrons. The average Bonchev–Trinajstić information content (AvgIpc) is 2.61. The number of nitrogens with zero attached hydrogens (tertiary/aromatic N) is 2. The van der Waals surface area contributed by atoms with Crippen LogP contribution in [0.25, 0.3) is 0 Å². The first-order valence-electron chi connectivity index (χ1n) is 6.09. The predicted octanol–water partition coefficient (Wildman–Crippen LogP) is 3.33. The standard InChI is InChI=1S/C14H19N3S/c1-5-11-13(15)14(17(4)16-11)18-12-8-9(2)6-7-10(12)3/h6-8H,5,15H2,1-4H3. The van der Waals surface area contributed by atoms with E-state index in [4.69, 9.17) is 5.73 Å². The molecule has 0 saturated carbocycles. The van der Waals surface area contributed by atoms with Gasteiger partial charge in [-0.1, -0.05) is 30.8 Å². The summed E-state index contributed by atoms with van der Waals surface area (Å²) < 4.78 is 1.88. The van der Waals surface area contributed by atoms with Gasteiger partial charge in [-0.25, -0.2) is 0 Å². The molecule has 0 unspecified atom stereocenters. The zero-order valence-corrected chi connectivity index (χ0v) is 12.1. The van der Waals surface area contributed by atoms with Crippen LogP contribution in [0.5, 0.6) is 0 Å². The molecule has 0 aliphatic carbocycles. The Hall–Kier alpha value is -1.42. The van der Waals surface area contributed by atoms with E-state index in [0.29, 0.717) is 0 Å². The number of rotatable bonds is 3. The SMILES string of the molecule is CCc1nn(C)c(Sc2cc(C)ccc2C)c1N. The van der Waals surface area contributed by atoms with Crippen molar-refractivity contribution in [3.8, 4) is 0 Å². The molecule has 1 aromatic heterocycles. The second-order valence-electron chi connectivity index (χ2n) is 4.51. The number of nitrogens with two attached hydrogens (primary N) is 1. The van der Waals surface area contributed by atoms with Gasteiger partial charge in [0.05, 0.1) is 11.4 Å². The topological polar surface area (TPSA) is 43.8 Å². The third-order valence-corrected chi connectivity index (χ3v) is 4.33. The molecule has 0 bridgehead atoms. The van der Waals surface area contributed by atoms with Crippen LogP contribution in [0.2, 0.25) is 0 Å². The highest BCUT2D eigenvalue weighted by atomic mass is 32.2. The van der Waals surface area contributed by atoms with Gasteiger partial charge in [-0.2, -0.15) is 5.10 Å². The zero-order valence-electron chi connectivity index (χ0n) is 11.3. The van der Waals surface area contributed by atoms with Crippen LogP contribution in [0.1, 0.15) is 23.7 Å². The zero-order chi connectivity index (χ0) is 13.3. The summed E-state index contributed by atoms with van der Waals surface area (Å²) in [6.07, 6.45) is 0.868. The minimum absolute atomic E-state index is 0.811. The maximum atomic E-state index is 6.15. The van der Waals surface area contributed by atoms with E-state index in [9.17, 15) is 0 Å². The molecule has 2 aromatic rings. The second-order valence-corrected chi connectivity index (χ2v) is 5.54. The summed E-state index contributed by atoms with van der Waals surface area (Å²) in [6, 6.07) is 6.46. The van der Waals surface area contributed by atoms with Crippen molar-refractivity contribution in [2.45, 2.75) is 37.1 Å². The third-order valence-electron chi connectivity index (χ3n) is 2.99. The molecule has 0 radical (unpaired) electrons. The first kappa shape index (κ1) is 13.0. The molecule has 0 fully saturated rings. The van der Waals surface area contributed by atoms with E-state index < -0.39 is 0 Å². The van der Waals surface area contributed by atoms with E-state index >= 15 is 0 Å². The van der Waals surface area contributed by atoms with E-state index in [1.807, 2.05) is 11.7 Å². The number of hydrogen-bond acceptors (Lipinski definition) is 3. The first-order chi connectivity index (χ1) is 8.52. The molecule has 3 nitrogen and oxygen atoms in total. The van der Waals surface area contributed by atoms with Gasteiger partial charge in [0.25, 0.3) is 0 Å². The summed E-state index contributed by atoms with van der Waals surface area (Å²) in [6.45, 7) is 6.30. The molecule has 0 atom stereocenters. The number of hydrogen-bond donors (Lipinski definition) is 1. The number of aromatic nitrogens is 2. The van der Waals surface area contributed by atoms with Gasteiger partial charge in [0.15, 0.2) is 0 Å². The summed E-state index contributed by atoms with van der Waals surface area (Å²) >= 11 is 1.69. The smallest absolute Gasteiger partial charge is 0.122 e. The minimum atomic E-state index is 0.811. The monoisotopic (exact) mass is 261 g/mol. The maximum absolute atomic E-state index is 6.15. The van der Waals surface area contributed by atoms with Gasteiger partial charge in [-0.15, -0.1) is 0 Å². The van der Waals surface area contributed by atoms with E-state index in [0.717, 1.165) is 22.8 Å². The Balaban J connectivity index is 2.39. The van der Waals surface area contributed by atoms with E-state index in [1.54, 1.807) is 11.8 Å². The molecule has 0 aliphatic rings. The quantitative estimate of drug-likeness (QED) is 0.921. The molecule has 18 heavy (non-hydrogen) atoms. The number of anilines is 1. The fourth-order valence-electron chi connectivity index (χ4n) is 1.88. The highest BCUT2D eigenvalue weighted by Gasteiger charge is 2.14. The lowest BCUT2D eigenvalue weighted by atomic mass is 10.2. The minimum Gasteiger partial charge on any atom is -0.395 e. The van der Waals surface area contributed by atoms with Crippen molar-refractivity contribution in [3.05, 3.63) is 35.0 Å². The van der Waals surface area contributed by atoms with Crippen molar-refractivity contribution in [2.24, 2.45) is 7.05 Å². The molecule has 1 aromatic carbocycles. The lowest BCUT2D eigenvalue weighted by Gasteiger charge is -2.07. The van der Waals surface area contributed by atoms with Crippen molar-refractivity contribution in [2.75, 3.05) is 5.73 Å². The Morgan fingerprint density at radius 2 is 2.06 bits per heavy atom. The summed E-state index contributed by atoms with van der Waals surface area (Å²) in [5, 5.41) is 5.48. The van der Waals surface area contributed by atoms with Gasteiger partial charge in [-0.3, -0.25) is 4.68 Å². The number of aryl methyl sites for hydroxylation is 4. The van der Waals surface area contributed by atoms with Gasteiger partial charge in [0.1, 0.15) is 5.03 Å². The molecular formula is C14H19N3S. The molecular weight excluding hydrogens is 242 g/mol. The van der Waals surface area contributed by atoms with Gasteiger partial charge in [0, 0.05) is 11.9 Å². The highest BCUT2D eigenvalue weighted by Crippen LogP contribution is 2.35. The lowest BCUT2D eigenvalue weighted by Crippen LogP contribution is -1.94. The third kappa shape index (κ3) is 2.38. The number of benzene rings is 1. The van der Waals surface area contributed by atoms with Crippen LogP contribution in [0.3, 0.4) is 0 Å². The fourth-order valence-corrected chi connectivity index (χ4v) is 2.96. The van der Waals surface area contributed by atoms with Crippen molar-refractivity contribution in [3.63, 3.8) is 0 Å². The molecule has 2 rings (SSSR count). The summed E-state index contributed by atoms with van der Waals surface area (Å²) in [5.41, 5.74) is 10.5. The largest absolute Gasteiger partial charge is 0.395 e. The van der Waals surface area contributed by atoms with E-state index in [1.165, 1.54) is 16.0 Å². The normalized spacial score (nSPS) is 10.9. The molecule has 2 N–H and O–H groups in total. The van der Waals surface area contributed by atoms with Crippen LogP contribution < -0.4 is 5.73 Å². The van der Waals surface area contributed by atoms with Gasteiger partial charge in [-0.05, 0) is 37.5 Å². The Labute approximate surface area is 112 Å². The maximum Gasteiger partial charge on any atom is 0.122 e. The highest BCUT2D eigenvalue weighted by molar-refractivity contribution is 7.99. The molecule has 0 aliphatic heterocycles. The number of nitrogen functional groups attached to an aromatic ring is 1. The van der Waals surface area contributed by atoms with Crippen molar-refractivity contribution in [1.82, 2.24) is 9.78 Å². The first-order valence-corrected chi connectivity index (χ1v) is 6.91. The van der Waals surface area contributed by atoms with Crippen LogP contribution in [0.4, 0.5) is 5.69 Å². The van der Waals surface area contributed by atoms with Crippen LogP contribution in [0, 0.1) is 13.8 Å². The fraction of sp³-hybridized carbons (Fsp3) is 0.357. The van der Waals surface area contributed by atoms with Crippen molar-refractivity contribution >= 4 is 17.4 Å². The van der Waals surface area contributed by atoms with Crippen molar-refractivity contribution in [1.29, 1.82) is 0 Å². The summed E-state index contributed by atoms with van der Waals surface area (Å²) in [5.74, 6) is 0. The van der Waals surface area contributed by atoms with Gasteiger partial charge in [0.2, 0.25) is 0 Å². The van der Waals surface area contributed by atoms with E-state index in [-0.39, 0.29) is 0 Å².